The van der Waals surface area contributed by atoms with Gasteiger partial charge in [0.15, 0.2) is 11.5 Å². The predicted molar refractivity (Wildman–Crippen MR) is 86.8 cm³/mol. The smallest absolute Gasteiger partial charge is 0.231 e. The molecule has 6 heteroatoms. The number of fused-ring (bicyclic) bond motifs is 1. The van der Waals surface area contributed by atoms with Gasteiger partial charge in [0.05, 0.1) is 12.0 Å². The molecule has 1 amide bonds. The number of benzene rings is 1. The van der Waals surface area contributed by atoms with Crippen molar-refractivity contribution >= 4 is 11.6 Å². The normalized spacial score (nSPS) is 15.9. The number of halogens is 1. The van der Waals surface area contributed by atoms with E-state index >= 15 is 0 Å². The number of amides is 1. The maximum atomic E-state index is 13.6. The topological polar surface area (TPSA) is 59.3 Å². The standard InChI is InChI=1S/C18H17FN4O/c19-14-6-3-5-13(11-14)18(8-4-9-18)17(24)20-12-16-22-21-15-7-1-2-10-23(15)16/h1-3,5-7,10-11H,4,8-9,12H2,(H,20,24). The average molecular weight is 324 g/mol. The van der Waals surface area contributed by atoms with E-state index in [1.807, 2.05) is 34.9 Å². The SMILES string of the molecule is O=C(NCc1nnc2ccccn12)C1(c2cccc(F)c2)CCC1. The zero-order valence-electron chi connectivity index (χ0n) is 13.1. The van der Waals surface area contributed by atoms with Gasteiger partial charge in [0.25, 0.3) is 0 Å². The highest BCUT2D eigenvalue weighted by molar-refractivity contribution is 5.89. The van der Waals surface area contributed by atoms with Crippen LogP contribution in [0.2, 0.25) is 0 Å². The molecule has 1 fully saturated rings. The van der Waals surface area contributed by atoms with Gasteiger partial charge in [-0.15, -0.1) is 10.2 Å². The van der Waals surface area contributed by atoms with Crippen LogP contribution in [-0.4, -0.2) is 20.5 Å². The van der Waals surface area contributed by atoms with Crippen LogP contribution in [0.4, 0.5) is 4.39 Å². The van der Waals surface area contributed by atoms with Gasteiger partial charge in [-0.3, -0.25) is 9.20 Å². The van der Waals surface area contributed by atoms with Gasteiger partial charge in [-0.1, -0.05) is 24.6 Å². The Balaban J connectivity index is 1.55. The first-order chi connectivity index (χ1) is 11.7. The van der Waals surface area contributed by atoms with Gasteiger partial charge < -0.3 is 5.32 Å². The molecule has 0 spiro atoms. The van der Waals surface area contributed by atoms with E-state index in [0.29, 0.717) is 12.4 Å². The zero-order chi connectivity index (χ0) is 16.6. The maximum absolute atomic E-state index is 13.6. The van der Waals surface area contributed by atoms with Crippen molar-refractivity contribution in [1.29, 1.82) is 0 Å². The van der Waals surface area contributed by atoms with E-state index in [1.54, 1.807) is 6.07 Å². The zero-order valence-corrected chi connectivity index (χ0v) is 13.1. The fourth-order valence-corrected chi connectivity index (χ4v) is 3.30. The first-order valence-corrected chi connectivity index (χ1v) is 8.02. The van der Waals surface area contributed by atoms with Gasteiger partial charge in [-0.25, -0.2) is 4.39 Å². The van der Waals surface area contributed by atoms with Crippen LogP contribution in [-0.2, 0) is 16.8 Å². The molecule has 1 aliphatic rings. The molecule has 1 aliphatic carbocycles. The highest BCUT2D eigenvalue weighted by Crippen LogP contribution is 2.44. The molecule has 1 aromatic carbocycles. The van der Waals surface area contributed by atoms with E-state index in [4.69, 9.17) is 0 Å². The molecule has 0 bridgehead atoms. The fourth-order valence-electron chi connectivity index (χ4n) is 3.30. The number of nitrogens with one attached hydrogen (secondary N) is 1. The van der Waals surface area contributed by atoms with E-state index < -0.39 is 5.41 Å². The molecule has 122 valence electrons. The number of carbonyl (C=O) groups excluding carboxylic acids is 1. The molecule has 24 heavy (non-hydrogen) atoms. The molecule has 1 saturated carbocycles. The van der Waals surface area contributed by atoms with Crippen LogP contribution in [0.15, 0.2) is 48.7 Å². The molecule has 2 heterocycles. The summed E-state index contributed by atoms with van der Waals surface area (Å²) >= 11 is 0. The Morgan fingerprint density at radius 1 is 1.21 bits per heavy atom. The Kier molecular flexibility index (Phi) is 3.52. The van der Waals surface area contributed by atoms with Crippen molar-refractivity contribution < 1.29 is 9.18 Å². The fraction of sp³-hybridized carbons (Fsp3) is 0.278. The van der Waals surface area contributed by atoms with Gasteiger partial charge in [0, 0.05) is 6.20 Å². The summed E-state index contributed by atoms with van der Waals surface area (Å²) in [6.07, 6.45) is 4.31. The van der Waals surface area contributed by atoms with Gasteiger partial charge >= 0.3 is 0 Å². The minimum absolute atomic E-state index is 0.0768. The van der Waals surface area contributed by atoms with Gasteiger partial charge in [-0.2, -0.15) is 0 Å². The summed E-state index contributed by atoms with van der Waals surface area (Å²) in [5.41, 5.74) is 0.866. The molecule has 0 radical (unpaired) electrons. The number of rotatable bonds is 4. The van der Waals surface area contributed by atoms with E-state index in [1.165, 1.54) is 12.1 Å². The Morgan fingerprint density at radius 2 is 2.08 bits per heavy atom. The molecular formula is C18H17FN4O. The lowest BCUT2D eigenvalue weighted by Crippen LogP contribution is -2.49. The number of carbonyl (C=O) groups is 1. The predicted octanol–water partition coefficient (Wildman–Crippen LogP) is 2.61. The lowest BCUT2D eigenvalue weighted by molar-refractivity contribution is -0.130. The second-order valence-electron chi connectivity index (χ2n) is 6.17. The Morgan fingerprint density at radius 3 is 2.83 bits per heavy atom. The van der Waals surface area contributed by atoms with Crippen LogP contribution in [0.25, 0.3) is 5.65 Å². The van der Waals surface area contributed by atoms with Crippen LogP contribution in [0.3, 0.4) is 0 Å². The lowest BCUT2D eigenvalue weighted by atomic mass is 9.64. The first kappa shape index (κ1) is 14.8. The average Bonchev–Trinajstić information content (AvgIpc) is 2.95. The Labute approximate surface area is 138 Å². The van der Waals surface area contributed by atoms with Crippen molar-refractivity contribution in [1.82, 2.24) is 19.9 Å². The summed E-state index contributed by atoms with van der Waals surface area (Å²) < 4.78 is 15.4. The summed E-state index contributed by atoms with van der Waals surface area (Å²) in [4.78, 5) is 12.8. The van der Waals surface area contributed by atoms with Crippen molar-refractivity contribution in [2.75, 3.05) is 0 Å². The number of hydrogen-bond acceptors (Lipinski definition) is 3. The summed E-state index contributed by atoms with van der Waals surface area (Å²) in [6.45, 7) is 0.293. The van der Waals surface area contributed by atoms with Crippen LogP contribution < -0.4 is 5.32 Å². The third kappa shape index (κ3) is 2.35. The first-order valence-electron chi connectivity index (χ1n) is 8.02. The molecule has 3 aromatic rings. The number of nitrogens with zero attached hydrogens (tertiary/aromatic N) is 3. The van der Waals surface area contributed by atoms with Crippen LogP contribution in [0.1, 0.15) is 30.7 Å². The summed E-state index contributed by atoms with van der Waals surface area (Å²) in [7, 11) is 0. The molecule has 0 saturated heterocycles. The third-order valence-corrected chi connectivity index (χ3v) is 4.81. The van der Waals surface area contributed by atoms with E-state index in [2.05, 4.69) is 15.5 Å². The molecule has 0 unspecified atom stereocenters. The summed E-state index contributed by atoms with van der Waals surface area (Å²) in [6, 6.07) is 12.0. The monoisotopic (exact) mass is 324 g/mol. The Hall–Kier alpha value is -2.76. The van der Waals surface area contributed by atoms with Crippen LogP contribution in [0, 0.1) is 5.82 Å². The molecule has 0 aliphatic heterocycles. The summed E-state index contributed by atoms with van der Waals surface area (Å²) in [5, 5.41) is 11.1. The quantitative estimate of drug-likeness (QED) is 0.802. The van der Waals surface area contributed by atoms with Crippen molar-refractivity contribution in [3.05, 3.63) is 65.9 Å². The molecule has 5 nitrogen and oxygen atoms in total. The maximum Gasteiger partial charge on any atom is 0.231 e. The minimum atomic E-state index is -0.622. The third-order valence-electron chi connectivity index (χ3n) is 4.81. The highest BCUT2D eigenvalue weighted by Gasteiger charge is 2.45. The van der Waals surface area contributed by atoms with E-state index in [0.717, 1.165) is 30.5 Å². The van der Waals surface area contributed by atoms with Crippen molar-refractivity contribution in [3.63, 3.8) is 0 Å². The van der Waals surface area contributed by atoms with E-state index in [9.17, 15) is 9.18 Å². The van der Waals surface area contributed by atoms with Gasteiger partial charge in [0.1, 0.15) is 5.82 Å². The van der Waals surface area contributed by atoms with Gasteiger partial charge in [-0.05, 0) is 42.7 Å². The van der Waals surface area contributed by atoms with Crippen molar-refractivity contribution in [2.45, 2.75) is 31.2 Å². The van der Waals surface area contributed by atoms with Crippen LogP contribution in [0.5, 0.6) is 0 Å². The number of hydrogen-bond donors (Lipinski definition) is 1. The van der Waals surface area contributed by atoms with Crippen LogP contribution >= 0.6 is 0 Å². The molecular weight excluding hydrogens is 307 g/mol. The lowest BCUT2D eigenvalue weighted by Gasteiger charge is -2.40. The number of aromatic nitrogens is 3. The molecule has 0 atom stereocenters. The second-order valence-corrected chi connectivity index (χ2v) is 6.17. The van der Waals surface area contributed by atoms with Crippen molar-refractivity contribution in [3.8, 4) is 0 Å². The Bertz CT molecular complexity index is 901. The molecule has 4 rings (SSSR count). The second kappa shape index (κ2) is 5.70. The minimum Gasteiger partial charge on any atom is -0.348 e. The van der Waals surface area contributed by atoms with E-state index in [-0.39, 0.29) is 11.7 Å². The van der Waals surface area contributed by atoms with Crippen molar-refractivity contribution in [2.24, 2.45) is 0 Å². The van der Waals surface area contributed by atoms with Gasteiger partial charge in [0.2, 0.25) is 5.91 Å². The number of pyridine rings is 1. The largest absolute Gasteiger partial charge is 0.348 e. The molecule has 1 N–H and O–H groups in total. The summed E-state index contributed by atoms with van der Waals surface area (Å²) in [5.74, 6) is 0.287. The molecule has 2 aromatic heterocycles. The highest BCUT2D eigenvalue weighted by atomic mass is 19.1.